The largest absolute Gasteiger partial charge is 0.518 e. The number of halogens is 5. The summed E-state index contributed by atoms with van der Waals surface area (Å²) in [7, 11) is -4.31. The van der Waals surface area contributed by atoms with E-state index in [1.54, 1.807) is 41.3 Å². The predicted molar refractivity (Wildman–Crippen MR) is 145 cm³/mol. The average Bonchev–Trinajstić information content (AvgIpc) is 3.52. The maximum absolute atomic E-state index is 13.4. The van der Waals surface area contributed by atoms with E-state index < -0.39 is 21.5 Å². The van der Waals surface area contributed by atoms with Crippen molar-refractivity contribution < 1.29 is 35.9 Å². The summed E-state index contributed by atoms with van der Waals surface area (Å²) in [6.45, 7) is 0.457. The molecule has 218 valence electrons. The van der Waals surface area contributed by atoms with Crippen molar-refractivity contribution in [3.63, 3.8) is 0 Å². The van der Waals surface area contributed by atoms with Gasteiger partial charge in [0.2, 0.25) is 5.91 Å². The molecule has 0 saturated carbocycles. The maximum Gasteiger partial charge on any atom is 0.518 e. The first-order chi connectivity index (χ1) is 19.3. The Morgan fingerprint density at radius 3 is 2.37 bits per heavy atom. The number of hydrogen-bond acceptors (Lipinski definition) is 6. The highest BCUT2D eigenvalue weighted by atomic mass is 35.5. The Hall–Kier alpha value is -3.09. The van der Waals surface area contributed by atoms with Crippen LogP contribution in [0.1, 0.15) is 40.0 Å². The van der Waals surface area contributed by atoms with Crippen LogP contribution in [0.25, 0.3) is 11.1 Å². The van der Waals surface area contributed by atoms with Crippen LogP contribution < -0.4 is 0 Å². The van der Waals surface area contributed by atoms with Crippen LogP contribution in [0.5, 0.6) is 0 Å². The fraction of sp³-hybridized carbons (Fsp3) is 0.370. The molecule has 1 aliphatic carbocycles. The van der Waals surface area contributed by atoms with Gasteiger partial charge in [0.15, 0.2) is 0 Å². The maximum atomic E-state index is 13.4. The van der Waals surface area contributed by atoms with Gasteiger partial charge in [-0.05, 0) is 78.6 Å². The lowest BCUT2D eigenvalue weighted by atomic mass is 9.92. The Morgan fingerprint density at radius 1 is 1.10 bits per heavy atom. The van der Waals surface area contributed by atoms with Crippen molar-refractivity contribution in [2.45, 2.75) is 43.7 Å². The molecule has 1 aliphatic heterocycles. The molecule has 2 atom stereocenters. The van der Waals surface area contributed by atoms with Crippen LogP contribution in [-0.2, 0) is 38.8 Å². The smallest absolute Gasteiger partial charge is 0.465 e. The van der Waals surface area contributed by atoms with E-state index >= 15 is 0 Å². The van der Waals surface area contributed by atoms with Gasteiger partial charge < -0.3 is 9.64 Å². The number of carbonyl (C=O) groups excluding carboxylic acids is 2. The van der Waals surface area contributed by atoms with E-state index in [1.165, 1.54) is 7.11 Å². The first-order valence-electron chi connectivity index (χ1n) is 12.7. The van der Waals surface area contributed by atoms with Gasteiger partial charge in [-0.25, -0.2) is 4.79 Å². The molecule has 2 aromatic carbocycles. The van der Waals surface area contributed by atoms with Crippen molar-refractivity contribution in [2.24, 2.45) is 5.92 Å². The van der Waals surface area contributed by atoms with Crippen LogP contribution >= 0.6 is 23.2 Å². The third-order valence-electron chi connectivity index (χ3n) is 7.59. The summed E-state index contributed by atoms with van der Waals surface area (Å²) in [5, 5.41) is 4.46. The molecular formula is C27H24Cl2F3N3O5S. The van der Waals surface area contributed by atoms with Gasteiger partial charge in [-0.1, -0.05) is 35.3 Å². The molecule has 41 heavy (non-hydrogen) atoms. The van der Waals surface area contributed by atoms with E-state index in [0.29, 0.717) is 52.5 Å². The second-order valence-electron chi connectivity index (χ2n) is 10.0. The van der Waals surface area contributed by atoms with Crippen LogP contribution in [0.3, 0.4) is 0 Å². The molecule has 5 rings (SSSR count). The first kappa shape index (κ1) is 29.4. The number of rotatable bonds is 6. The lowest BCUT2D eigenvalue weighted by Crippen LogP contribution is -2.41. The molecule has 1 saturated heterocycles. The number of aromatic nitrogens is 2. The summed E-state index contributed by atoms with van der Waals surface area (Å²) >= 11 is 13.2. The Kier molecular flexibility index (Phi) is 7.86. The van der Waals surface area contributed by atoms with Crippen molar-refractivity contribution >= 4 is 45.1 Å². The molecule has 3 aromatic rings. The fourth-order valence-corrected chi connectivity index (χ4v) is 6.72. The minimum atomic E-state index is -5.62. The fourth-order valence-electron chi connectivity index (χ4n) is 5.40. The summed E-state index contributed by atoms with van der Waals surface area (Å²) in [5.74, 6) is -0.940. The lowest BCUT2D eigenvalue weighted by Gasteiger charge is -2.31. The van der Waals surface area contributed by atoms with Gasteiger partial charge >= 0.3 is 21.5 Å². The summed E-state index contributed by atoms with van der Waals surface area (Å²) in [5.41, 5.74) is -2.22. The molecule has 8 nitrogen and oxygen atoms in total. The highest BCUT2D eigenvalue weighted by Gasteiger charge is 2.49. The molecule has 2 heterocycles. The Bertz CT molecular complexity index is 1600. The number of methoxy groups -OCH3 is 1. The SMILES string of the molecule is COC(=O)c1ccc(-c2cc(Cl)c(CC3CCN(C4CCc5nn(S(=O)(=O)C(F)(F)F)cc5C4)C3=O)c(Cl)c2)cc1. The van der Waals surface area contributed by atoms with Crippen LogP contribution in [0.2, 0.25) is 10.0 Å². The van der Waals surface area contributed by atoms with E-state index in [0.717, 1.165) is 17.3 Å². The van der Waals surface area contributed by atoms with Crippen molar-refractivity contribution in [1.29, 1.82) is 0 Å². The molecule has 0 spiro atoms. The van der Waals surface area contributed by atoms with E-state index in [4.69, 9.17) is 27.9 Å². The zero-order chi connectivity index (χ0) is 29.7. The van der Waals surface area contributed by atoms with Crippen LogP contribution in [0.15, 0.2) is 42.6 Å². The Labute approximate surface area is 244 Å². The average molecular weight is 630 g/mol. The third kappa shape index (κ3) is 5.56. The standard InChI is InChI=1S/C27H24Cl2F3N3O5S/c1-40-26(37)16-4-2-15(3-5-16)18-12-22(28)21(23(29)13-18)11-17-8-9-34(25(17)36)20-6-7-24-19(10-20)14-35(33-24)41(38,39)27(30,31)32/h2-5,12-14,17,20H,6-11H2,1H3. The molecule has 1 fully saturated rings. The second kappa shape index (κ2) is 11.0. The zero-order valence-electron chi connectivity index (χ0n) is 21.6. The van der Waals surface area contributed by atoms with Gasteiger partial charge in [-0.15, -0.1) is 0 Å². The molecular weight excluding hydrogens is 606 g/mol. The number of carbonyl (C=O) groups is 2. The normalized spacial score (nSPS) is 19.4. The van der Waals surface area contributed by atoms with Crippen molar-refractivity contribution in [3.8, 4) is 11.1 Å². The minimum absolute atomic E-state index is 0.0180. The molecule has 1 amide bonds. The minimum Gasteiger partial charge on any atom is -0.465 e. The molecule has 0 N–H and O–H groups in total. The first-order valence-corrected chi connectivity index (χ1v) is 14.9. The number of fused-ring (bicyclic) bond motifs is 1. The van der Waals surface area contributed by atoms with Crippen LogP contribution in [-0.4, -0.2) is 59.6 Å². The number of alkyl halides is 3. The van der Waals surface area contributed by atoms with E-state index in [-0.39, 0.29) is 40.5 Å². The van der Waals surface area contributed by atoms with Crippen molar-refractivity contribution in [2.75, 3.05) is 13.7 Å². The zero-order valence-corrected chi connectivity index (χ0v) is 23.9. The molecule has 1 aromatic heterocycles. The van der Waals surface area contributed by atoms with Gasteiger partial charge in [0.05, 0.1) is 18.4 Å². The summed E-state index contributed by atoms with van der Waals surface area (Å²) in [6, 6.07) is 10.0. The van der Waals surface area contributed by atoms with Gasteiger partial charge in [0.1, 0.15) is 0 Å². The van der Waals surface area contributed by atoms with Gasteiger partial charge in [-0.3, -0.25) is 4.79 Å². The number of ether oxygens (including phenoxy) is 1. The van der Waals surface area contributed by atoms with Crippen molar-refractivity contribution in [3.05, 3.63) is 75.0 Å². The summed E-state index contributed by atoms with van der Waals surface area (Å²) < 4.78 is 67.1. The van der Waals surface area contributed by atoms with Crippen LogP contribution in [0, 0.1) is 5.92 Å². The summed E-state index contributed by atoms with van der Waals surface area (Å²) in [4.78, 5) is 26.8. The van der Waals surface area contributed by atoms with Crippen LogP contribution in [0.4, 0.5) is 13.2 Å². The van der Waals surface area contributed by atoms with E-state index in [1.807, 2.05) is 0 Å². The highest BCUT2D eigenvalue weighted by molar-refractivity contribution is 7.90. The Balaban J connectivity index is 1.28. The number of amides is 1. The highest BCUT2D eigenvalue weighted by Crippen LogP contribution is 2.37. The lowest BCUT2D eigenvalue weighted by molar-refractivity contribution is -0.133. The number of hydrogen-bond donors (Lipinski definition) is 0. The van der Waals surface area contributed by atoms with E-state index in [2.05, 4.69) is 5.10 Å². The van der Waals surface area contributed by atoms with Gasteiger partial charge in [0.25, 0.3) is 0 Å². The number of esters is 1. The number of likely N-dealkylation sites (tertiary alicyclic amines) is 1. The van der Waals surface area contributed by atoms with Gasteiger partial charge in [0, 0.05) is 34.7 Å². The quantitative estimate of drug-likeness (QED) is 0.344. The summed E-state index contributed by atoms with van der Waals surface area (Å²) in [6.07, 6.45) is 2.69. The monoisotopic (exact) mass is 629 g/mol. The molecule has 0 radical (unpaired) electrons. The molecule has 2 unspecified atom stereocenters. The number of benzene rings is 2. The molecule has 2 aliphatic rings. The molecule has 0 bridgehead atoms. The number of nitrogens with zero attached hydrogens (tertiary/aromatic N) is 3. The number of aryl methyl sites for hydroxylation is 1. The van der Waals surface area contributed by atoms with Crippen molar-refractivity contribution in [1.82, 2.24) is 14.1 Å². The topological polar surface area (TPSA) is 98.6 Å². The second-order valence-corrected chi connectivity index (χ2v) is 12.6. The Morgan fingerprint density at radius 2 is 1.76 bits per heavy atom. The molecule has 14 heteroatoms. The predicted octanol–water partition coefficient (Wildman–Crippen LogP) is 5.29. The van der Waals surface area contributed by atoms with Gasteiger partial charge in [-0.2, -0.15) is 30.8 Å². The van der Waals surface area contributed by atoms with E-state index in [9.17, 15) is 31.2 Å². The third-order valence-corrected chi connectivity index (χ3v) is 9.53.